The molecular formula is C22H20N4O4. The number of hydrogen-bond acceptors (Lipinski definition) is 5. The second-order valence-electron chi connectivity index (χ2n) is 6.51. The number of rotatable bonds is 8. The van der Waals surface area contributed by atoms with Crippen LogP contribution in [0.3, 0.4) is 0 Å². The zero-order valence-corrected chi connectivity index (χ0v) is 16.3. The van der Waals surface area contributed by atoms with Gasteiger partial charge in [-0.25, -0.2) is 4.68 Å². The fourth-order valence-electron chi connectivity index (χ4n) is 2.95. The Kier molecular flexibility index (Phi) is 6.57. The average molecular weight is 404 g/mol. The van der Waals surface area contributed by atoms with Crippen LogP contribution < -0.4 is 5.32 Å². The van der Waals surface area contributed by atoms with E-state index in [0.717, 1.165) is 5.69 Å². The van der Waals surface area contributed by atoms with Gasteiger partial charge in [0.15, 0.2) is 0 Å². The molecule has 0 aliphatic carbocycles. The SMILES string of the molecule is C#C[C@@H](COC)NC(=O)Cc1cn(-c2ccccc2)nc1-c1ccc([N+](=O)[O-])cc1. The van der Waals surface area contributed by atoms with Gasteiger partial charge in [-0.15, -0.1) is 6.42 Å². The minimum atomic E-state index is -0.533. The van der Waals surface area contributed by atoms with Crippen molar-refractivity contribution in [2.45, 2.75) is 12.5 Å². The van der Waals surface area contributed by atoms with Gasteiger partial charge in [0.1, 0.15) is 6.04 Å². The number of carbonyl (C=O) groups is 1. The molecule has 8 heteroatoms. The number of nitrogens with zero attached hydrogens (tertiary/aromatic N) is 3. The zero-order valence-electron chi connectivity index (χ0n) is 16.3. The third-order valence-electron chi connectivity index (χ3n) is 4.38. The van der Waals surface area contributed by atoms with Gasteiger partial charge >= 0.3 is 0 Å². The first-order valence-corrected chi connectivity index (χ1v) is 9.15. The Morgan fingerprint density at radius 2 is 1.97 bits per heavy atom. The van der Waals surface area contributed by atoms with Crippen LogP contribution in [-0.2, 0) is 16.0 Å². The molecule has 1 heterocycles. The van der Waals surface area contributed by atoms with Crippen LogP contribution in [0.25, 0.3) is 16.9 Å². The van der Waals surface area contributed by atoms with Crippen molar-refractivity contribution >= 4 is 11.6 Å². The number of nitro benzene ring substituents is 1. The minimum Gasteiger partial charge on any atom is -0.382 e. The summed E-state index contributed by atoms with van der Waals surface area (Å²) in [7, 11) is 1.51. The van der Waals surface area contributed by atoms with Crippen molar-refractivity contribution in [2.24, 2.45) is 0 Å². The molecule has 0 spiro atoms. The summed E-state index contributed by atoms with van der Waals surface area (Å²) in [5, 5.41) is 18.3. The molecule has 1 amide bonds. The zero-order chi connectivity index (χ0) is 21.5. The van der Waals surface area contributed by atoms with Crippen LogP contribution in [0, 0.1) is 22.5 Å². The third-order valence-corrected chi connectivity index (χ3v) is 4.38. The van der Waals surface area contributed by atoms with Gasteiger partial charge in [-0.3, -0.25) is 14.9 Å². The van der Waals surface area contributed by atoms with E-state index in [-0.39, 0.29) is 24.6 Å². The summed E-state index contributed by atoms with van der Waals surface area (Å²) in [6, 6.07) is 15.0. The summed E-state index contributed by atoms with van der Waals surface area (Å²) < 4.78 is 6.68. The molecule has 0 unspecified atom stereocenters. The first kappa shape index (κ1) is 20.8. The number of terminal acetylenes is 1. The molecule has 30 heavy (non-hydrogen) atoms. The van der Waals surface area contributed by atoms with E-state index in [4.69, 9.17) is 11.2 Å². The minimum absolute atomic E-state index is 0.0167. The normalized spacial score (nSPS) is 11.5. The quantitative estimate of drug-likeness (QED) is 0.354. The number of nitrogens with one attached hydrogen (secondary N) is 1. The predicted molar refractivity (Wildman–Crippen MR) is 112 cm³/mol. The van der Waals surface area contributed by atoms with Crippen molar-refractivity contribution in [1.29, 1.82) is 0 Å². The van der Waals surface area contributed by atoms with E-state index in [1.807, 2.05) is 30.3 Å². The highest BCUT2D eigenvalue weighted by atomic mass is 16.6. The van der Waals surface area contributed by atoms with Gasteiger partial charge in [-0.05, 0) is 24.3 Å². The van der Waals surface area contributed by atoms with Gasteiger partial charge in [-0.1, -0.05) is 24.1 Å². The number of benzene rings is 2. The van der Waals surface area contributed by atoms with Gasteiger partial charge in [0.2, 0.25) is 5.91 Å². The number of non-ortho nitro benzene ring substituents is 1. The molecule has 0 aliphatic heterocycles. The maximum absolute atomic E-state index is 12.5. The summed E-state index contributed by atoms with van der Waals surface area (Å²) in [4.78, 5) is 23.0. The van der Waals surface area contributed by atoms with Gasteiger partial charge in [0.05, 0.1) is 29.3 Å². The van der Waals surface area contributed by atoms with Crippen LogP contribution in [0.1, 0.15) is 5.56 Å². The number of amides is 1. The van der Waals surface area contributed by atoms with Crippen LogP contribution >= 0.6 is 0 Å². The lowest BCUT2D eigenvalue weighted by molar-refractivity contribution is -0.384. The van der Waals surface area contributed by atoms with Crippen LogP contribution in [0.15, 0.2) is 60.8 Å². The molecule has 1 N–H and O–H groups in total. The molecule has 8 nitrogen and oxygen atoms in total. The molecule has 2 aromatic carbocycles. The number of methoxy groups -OCH3 is 1. The van der Waals surface area contributed by atoms with Crippen LogP contribution in [0.5, 0.6) is 0 Å². The van der Waals surface area contributed by atoms with Crippen LogP contribution in [0.2, 0.25) is 0 Å². The maximum Gasteiger partial charge on any atom is 0.269 e. The molecule has 3 aromatic rings. The molecule has 3 rings (SSSR count). The van der Waals surface area contributed by atoms with Crippen molar-refractivity contribution in [2.75, 3.05) is 13.7 Å². The molecule has 0 radical (unpaired) electrons. The van der Waals surface area contributed by atoms with Gasteiger partial charge in [-0.2, -0.15) is 5.10 Å². The monoisotopic (exact) mass is 404 g/mol. The largest absolute Gasteiger partial charge is 0.382 e. The van der Waals surface area contributed by atoms with Crippen molar-refractivity contribution < 1.29 is 14.5 Å². The smallest absolute Gasteiger partial charge is 0.269 e. The van der Waals surface area contributed by atoms with E-state index in [1.54, 1.807) is 23.0 Å². The standard InChI is InChI=1S/C22H20N4O4/c1-3-18(15-30-2)23-21(27)13-17-14-25(19-7-5-4-6-8-19)24-22(17)16-9-11-20(12-10-16)26(28)29/h1,4-12,14,18H,13,15H2,2H3,(H,23,27)/t18-/m0/s1. The lowest BCUT2D eigenvalue weighted by Crippen LogP contribution is -2.37. The van der Waals surface area contributed by atoms with E-state index in [1.165, 1.54) is 19.2 Å². The highest BCUT2D eigenvalue weighted by Crippen LogP contribution is 2.26. The number of aromatic nitrogens is 2. The Bertz CT molecular complexity index is 1070. The fraction of sp³-hybridized carbons (Fsp3) is 0.182. The first-order chi connectivity index (χ1) is 14.5. The topological polar surface area (TPSA) is 99.3 Å². The number of para-hydroxylation sites is 1. The van der Waals surface area contributed by atoms with E-state index in [0.29, 0.717) is 16.8 Å². The predicted octanol–water partition coefficient (Wildman–Crippen LogP) is 2.75. The van der Waals surface area contributed by atoms with E-state index in [9.17, 15) is 14.9 Å². The molecule has 0 saturated heterocycles. The molecular weight excluding hydrogens is 384 g/mol. The molecule has 1 aromatic heterocycles. The van der Waals surface area contributed by atoms with Crippen molar-refractivity contribution in [3.05, 3.63) is 76.5 Å². The summed E-state index contributed by atoms with van der Waals surface area (Å²) in [6.45, 7) is 0.209. The number of ether oxygens (including phenoxy) is 1. The Morgan fingerprint density at radius 1 is 1.27 bits per heavy atom. The molecule has 152 valence electrons. The van der Waals surface area contributed by atoms with E-state index < -0.39 is 11.0 Å². The maximum atomic E-state index is 12.5. The number of hydrogen-bond donors (Lipinski definition) is 1. The second kappa shape index (κ2) is 9.49. The summed E-state index contributed by atoms with van der Waals surface area (Å²) in [5.74, 6) is 2.20. The summed E-state index contributed by atoms with van der Waals surface area (Å²) in [5.41, 5.74) is 2.71. The Labute approximate surface area is 173 Å². The van der Waals surface area contributed by atoms with Crippen molar-refractivity contribution in [3.63, 3.8) is 0 Å². The van der Waals surface area contributed by atoms with Crippen LogP contribution in [-0.4, -0.2) is 40.4 Å². The van der Waals surface area contributed by atoms with E-state index in [2.05, 4.69) is 16.3 Å². The Morgan fingerprint density at radius 3 is 2.57 bits per heavy atom. The average Bonchev–Trinajstić information content (AvgIpc) is 3.17. The molecule has 1 atom stereocenters. The van der Waals surface area contributed by atoms with Gasteiger partial charge in [0, 0.05) is 36.6 Å². The Balaban J connectivity index is 1.94. The molecule has 0 fully saturated rings. The van der Waals surface area contributed by atoms with Gasteiger partial charge in [0.25, 0.3) is 5.69 Å². The van der Waals surface area contributed by atoms with Crippen molar-refractivity contribution in [3.8, 4) is 29.3 Å². The van der Waals surface area contributed by atoms with Gasteiger partial charge < -0.3 is 10.1 Å². The fourth-order valence-corrected chi connectivity index (χ4v) is 2.95. The highest BCUT2D eigenvalue weighted by Gasteiger charge is 2.18. The highest BCUT2D eigenvalue weighted by molar-refractivity contribution is 5.81. The second-order valence-corrected chi connectivity index (χ2v) is 6.51. The van der Waals surface area contributed by atoms with Crippen LogP contribution in [0.4, 0.5) is 5.69 Å². The summed E-state index contributed by atoms with van der Waals surface area (Å²) in [6.07, 6.45) is 7.24. The Hall–Kier alpha value is -3.96. The molecule has 0 aliphatic rings. The lowest BCUT2D eigenvalue weighted by atomic mass is 10.1. The summed E-state index contributed by atoms with van der Waals surface area (Å²) >= 11 is 0. The number of carbonyl (C=O) groups excluding carboxylic acids is 1. The third kappa shape index (κ3) is 4.90. The van der Waals surface area contributed by atoms with E-state index >= 15 is 0 Å². The molecule has 0 saturated carbocycles. The lowest BCUT2D eigenvalue weighted by Gasteiger charge is -2.11. The van der Waals surface area contributed by atoms with Crippen molar-refractivity contribution in [1.82, 2.24) is 15.1 Å². The molecule has 0 bridgehead atoms. The number of nitro groups is 1. The first-order valence-electron chi connectivity index (χ1n) is 9.15.